The molecule has 0 aliphatic heterocycles. The van der Waals surface area contributed by atoms with Crippen LogP contribution in [0, 0.1) is 6.92 Å². The summed E-state index contributed by atoms with van der Waals surface area (Å²) >= 11 is 3.36. The number of aryl methyl sites for hydroxylation is 1. The highest BCUT2D eigenvalue weighted by molar-refractivity contribution is 9.10. The van der Waals surface area contributed by atoms with E-state index in [-0.39, 0.29) is 11.7 Å². The topological polar surface area (TPSA) is 102 Å². The summed E-state index contributed by atoms with van der Waals surface area (Å²) in [6.07, 6.45) is 1.45. The molecule has 0 atom stereocenters. The molecule has 0 aliphatic carbocycles. The summed E-state index contributed by atoms with van der Waals surface area (Å²) < 4.78 is 2.37. The van der Waals surface area contributed by atoms with Crippen LogP contribution >= 0.6 is 15.9 Å². The standard InChI is InChI=1S/C9H9BrN6O/c1-5-6(10)2-3-7(13-5)16-4-12-9(14-16)8(11)15-17/h2-4,17H,1H3,(H2,11,15). The highest BCUT2D eigenvalue weighted by Gasteiger charge is 2.08. The summed E-state index contributed by atoms with van der Waals surface area (Å²) in [6.45, 7) is 1.87. The Hall–Kier alpha value is -1.96. The van der Waals surface area contributed by atoms with Crippen molar-refractivity contribution in [1.82, 2.24) is 19.7 Å². The van der Waals surface area contributed by atoms with Gasteiger partial charge < -0.3 is 10.9 Å². The molecule has 3 N–H and O–H groups in total. The molecule has 0 aliphatic rings. The van der Waals surface area contributed by atoms with Gasteiger partial charge in [0.05, 0.1) is 5.69 Å². The Kier molecular flexibility index (Phi) is 3.05. The smallest absolute Gasteiger partial charge is 0.220 e. The van der Waals surface area contributed by atoms with Crippen molar-refractivity contribution in [2.45, 2.75) is 6.92 Å². The van der Waals surface area contributed by atoms with E-state index in [0.29, 0.717) is 5.82 Å². The van der Waals surface area contributed by atoms with Crippen LogP contribution in [0.25, 0.3) is 5.82 Å². The number of hydrogen-bond acceptors (Lipinski definition) is 5. The van der Waals surface area contributed by atoms with Crippen LogP contribution in [0.15, 0.2) is 28.1 Å². The second-order valence-corrected chi connectivity index (χ2v) is 4.09. The van der Waals surface area contributed by atoms with E-state index in [1.54, 1.807) is 6.07 Å². The minimum Gasteiger partial charge on any atom is -0.409 e. The van der Waals surface area contributed by atoms with Gasteiger partial charge in [-0.25, -0.2) is 14.6 Å². The van der Waals surface area contributed by atoms with E-state index in [4.69, 9.17) is 10.9 Å². The summed E-state index contributed by atoms with van der Waals surface area (Å²) in [5.74, 6) is 0.614. The predicted octanol–water partition coefficient (Wildman–Crippen LogP) is 0.828. The van der Waals surface area contributed by atoms with Crippen LogP contribution in [-0.2, 0) is 0 Å². The molecule has 7 nitrogen and oxygen atoms in total. The Bertz CT molecular complexity index is 579. The first kappa shape index (κ1) is 11.5. The number of nitrogens with zero attached hydrogens (tertiary/aromatic N) is 5. The second-order valence-electron chi connectivity index (χ2n) is 3.23. The Labute approximate surface area is 105 Å². The first-order valence-corrected chi connectivity index (χ1v) is 5.44. The molecule has 8 heteroatoms. The highest BCUT2D eigenvalue weighted by atomic mass is 79.9. The molecule has 0 saturated carbocycles. The van der Waals surface area contributed by atoms with Gasteiger partial charge in [0.15, 0.2) is 5.82 Å². The molecule has 0 amide bonds. The Morgan fingerprint density at radius 1 is 1.53 bits per heavy atom. The molecular weight excluding hydrogens is 288 g/mol. The lowest BCUT2D eigenvalue weighted by Gasteiger charge is -2.01. The zero-order valence-electron chi connectivity index (χ0n) is 8.87. The Balaban J connectivity index is 2.40. The number of nitrogens with two attached hydrogens (primary N) is 1. The van der Waals surface area contributed by atoms with E-state index < -0.39 is 0 Å². The zero-order chi connectivity index (χ0) is 12.4. The second kappa shape index (κ2) is 4.50. The fraction of sp³-hybridized carbons (Fsp3) is 0.111. The summed E-state index contributed by atoms with van der Waals surface area (Å²) in [7, 11) is 0. The van der Waals surface area contributed by atoms with Crippen LogP contribution < -0.4 is 5.73 Å². The first-order chi connectivity index (χ1) is 8.11. The van der Waals surface area contributed by atoms with E-state index >= 15 is 0 Å². The van der Waals surface area contributed by atoms with E-state index in [9.17, 15) is 0 Å². The minimum atomic E-state index is -0.141. The van der Waals surface area contributed by atoms with Gasteiger partial charge in [-0.2, -0.15) is 0 Å². The normalized spacial score (nSPS) is 11.8. The van der Waals surface area contributed by atoms with Gasteiger partial charge in [0.1, 0.15) is 6.33 Å². The lowest BCUT2D eigenvalue weighted by Crippen LogP contribution is -2.15. The maximum atomic E-state index is 8.50. The molecule has 88 valence electrons. The molecule has 0 aromatic carbocycles. The average Bonchev–Trinajstić information content (AvgIpc) is 2.81. The molecule has 0 saturated heterocycles. The Morgan fingerprint density at radius 3 is 2.94 bits per heavy atom. The highest BCUT2D eigenvalue weighted by Crippen LogP contribution is 2.15. The van der Waals surface area contributed by atoms with Crippen molar-refractivity contribution in [3.8, 4) is 5.82 Å². The monoisotopic (exact) mass is 296 g/mol. The summed E-state index contributed by atoms with van der Waals surface area (Å²) in [4.78, 5) is 8.21. The van der Waals surface area contributed by atoms with E-state index in [1.165, 1.54) is 11.0 Å². The number of pyridine rings is 1. The molecule has 2 rings (SSSR count). The molecule has 0 spiro atoms. The summed E-state index contributed by atoms with van der Waals surface area (Å²) in [5.41, 5.74) is 6.21. The van der Waals surface area contributed by atoms with E-state index in [1.807, 2.05) is 13.0 Å². The van der Waals surface area contributed by atoms with Gasteiger partial charge >= 0.3 is 0 Å². The van der Waals surface area contributed by atoms with Crippen molar-refractivity contribution in [2.24, 2.45) is 10.9 Å². The minimum absolute atomic E-state index is 0.141. The largest absolute Gasteiger partial charge is 0.409 e. The lowest BCUT2D eigenvalue weighted by atomic mass is 10.4. The van der Waals surface area contributed by atoms with Crippen molar-refractivity contribution in [3.63, 3.8) is 0 Å². The van der Waals surface area contributed by atoms with Crippen LogP contribution in [0.1, 0.15) is 11.5 Å². The van der Waals surface area contributed by atoms with Crippen LogP contribution in [0.2, 0.25) is 0 Å². The third-order valence-corrected chi connectivity index (χ3v) is 2.91. The number of amidine groups is 1. The third kappa shape index (κ3) is 2.26. The molecular formula is C9H9BrN6O. The maximum absolute atomic E-state index is 8.50. The van der Waals surface area contributed by atoms with Gasteiger partial charge in [-0.3, -0.25) is 0 Å². The third-order valence-electron chi connectivity index (χ3n) is 2.07. The van der Waals surface area contributed by atoms with Gasteiger partial charge in [0.2, 0.25) is 11.7 Å². The number of aromatic nitrogens is 4. The van der Waals surface area contributed by atoms with Crippen molar-refractivity contribution < 1.29 is 5.21 Å². The number of halogens is 1. The summed E-state index contributed by atoms with van der Waals surface area (Å²) in [5, 5.41) is 15.4. The van der Waals surface area contributed by atoms with Crippen molar-refractivity contribution in [3.05, 3.63) is 34.5 Å². The van der Waals surface area contributed by atoms with Gasteiger partial charge in [-0.05, 0) is 35.0 Å². The fourth-order valence-corrected chi connectivity index (χ4v) is 1.41. The van der Waals surface area contributed by atoms with Crippen LogP contribution in [0.4, 0.5) is 0 Å². The number of oxime groups is 1. The number of hydrogen-bond donors (Lipinski definition) is 2. The maximum Gasteiger partial charge on any atom is 0.220 e. The van der Waals surface area contributed by atoms with Gasteiger partial charge in [-0.15, -0.1) is 5.10 Å². The average molecular weight is 297 g/mol. The molecule has 17 heavy (non-hydrogen) atoms. The molecule has 0 bridgehead atoms. The molecule has 2 aromatic heterocycles. The number of rotatable bonds is 2. The van der Waals surface area contributed by atoms with Gasteiger partial charge in [-0.1, -0.05) is 5.16 Å². The van der Waals surface area contributed by atoms with Crippen molar-refractivity contribution in [2.75, 3.05) is 0 Å². The quantitative estimate of drug-likeness (QED) is 0.370. The zero-order valence-corrected chi connectivity index (χ0v) is 10.5. The van der Waals surface area contributed by atoms with Crippen molar-refractivity contribution in [1.29, 1.82) is 0 Å². The lowest BCUT2D eigenvalue weighted by molar-refractivity contribution is 0.318. The van der Waals surface area contributed by atoms with Crippen LogP contribution in [-0.4, -0.2) is 30.8 Å². The fourth-order valence-electron chi connectivity index (χ4n) is 1.19. The van der Waals surface area contributed by atoms with Crippen molar-refractivity contribution >= 4 is 21.8 Å². The SMILES string of the molecule is Cc1nc(-n2cnc(/C(N)=N/O)n2)ccc1Br. The van der Waals surface area contributed by atoms with E-state index in [2.05, 4.69) is 36.2 Å². The van der Waals surface area contributed by atoms with Gasteiger partial charge in [0, 0.05) is 4.47 Å². The molecule has 2 aromatic rings. The van der Waals surface area contributed by atoms with Crippen LogP contribution in [0.5, 0.6) is 0 Å². The first-order valence-electron chi connectivity index (χ1n) is 4.65. The Morgan fingerprint density at radius 2 is 2.29 bits per heavy atom. The van der Waals surface area contributed by atoms with Crippen LogP contribution in [0.3, 0.4) is 0 Å². The molecule has 0 fully saturated rings. The predicted molar refractivity (Wildman–Crippen MR) is 64.1 cm³/mol. The molecule has 2 heterocycles. The van der Waals surface area contributed by atoms with E-state index in [0.717, 1.165) is 10.2 Å². The molecule has 0 radical (unpaired) electrons. The van der Waals surface area contributed by atoms with Gasteiger partial charge in [0.25, 0.3) is 0 Å². The molecule has 0 unspecified atom stereocenters. The summed E-state index contributed by atoms with van der Waals surface area (Å²) in [6, 6.07) is 3.64.